The predicted molar refractivity (Wildman–Crippen MR) is 62.9 cm³/mol. The highest BCUT2D eigenvalue weighted by atomic mass is 32.1. The van der Waals surface area contributed by atoms with Crippen molar-refractivity contribution in [2.24, 2.45) is 0 Å². The molecule has 0 aliphatic rings. The van der Waals surface area contributed by atoms with Gasteiger partial charge in [0, 0.05) is 11.9 Å². The van der Waals surface area contributed by atoms with E-state index >= 15 is 0 Å². The van der Waals surface area contributed by atoms with Crippen LogP contribution in [0.2, 0.25) is 0 Å². The van der Waals surface area contributed by atoms with Crippen LogP contribution in [0.4, 0.5) is 0 Å². The lowest BCUT2D eigenvalue weighted by molar-refractivity contribution is -0.758. The first-order chi connectivity index (χ1) is 8.59. The number of aromatic nitrogens is 1. The molecule has 8 nitrogen and oxygen atoms in total. The van der Waals surface area contributed by atoms with E-state index in [1.165, 1.54) is 11.3 Å². The maximum absolute atomic E-state index is 11.5. The second kappa shape index (κ2) is 7.56. The monoisotopic (exact) mass is 275 g/mol. The van der Waals surface area contributed by atoms with Crippen LogP contribution < -0.4 is 5.32 Å². The molecule has 0 unspecified atom stereocenters. The summed E-state index contributed by atoms with van der Waals surface area (Å²) in [5.74, 6) is -0.260. The van der Waals surface area contributed by atoms with Gasteiger partial charge in [-0.3, -0.25) is 4.79 Å². The van der Waals surface area contributed by atoms with Gasteiger partial charge in [-0.2, -0.15) is 0 Å². The second-order valence-corrected chi connectivity index (χ2v) is 4.24. The Kier molecular flexibility index (Phi) is 6.01. The van der Waals surface area contributed by atoms with Crippen LogP contribution in [-0.2, 0) is 9.57 Å². The summed E-state index contributed by atoms with van der Waals surface area (Å²) >= 11 is 1.40. The van der Waals surface area contributed by atoms with E-state index in [2.05, 4.69) is 15.1 Å². The number of carbonyl (C=O) groups excluding carboxylic acids is 1. The van der Waals surface area contributed by atoms with Crippen LogP contribution in [0.15, 0.2) is 5.38 Å². The zero-order valence-electron chi connectivity index (χ0n) is 9.75. The van der Waals surface area contributed by atoms with Crippen molar-refractivity contribution in [3.8, 4) is 0 Å². The van der Waals surface area contributed by atoms with Crippen LogP contribution in [0.3, 0.4) is 0 Å². The number of thiazole rings is 1. The Bertz CT molecular complexity index is 409. The van der Waals surface area contributed by atoms with Crippen molar-refractivity contribution in [3.05, 3.63) is 26.2 Å². The van der Waals surface area contributed by atoms with Gasteiger partial charge in [-0.25, -0.2) is 4.98 Å². The fourth-order valence-electron chi connectivity index (χ4n) is 1.07. The number of ether oxygens (including phenoxy) is 1. The maximum Gasteiger partial charge on any atom is 0.294 e. The van der Waals surface area contributed by atoms with E-state index in [4.69, 9.17) is 4.74 Å². The van der Waals surface area contributed by atoms with Crippen molar-refractivity contribution in [2.45, 2.75) is 6.92 Å². The molecule has 1 rings (SSSR count). The summed E-state index contributed by atoms with van der Waals surface area (Å²) in [5, 5.41) is 14.0. The van der Waals surface area contributed by atoms with Gasteiger partial charge in [0.1, 0.15) is 12.3 Å². The van der Waals surface area contributed by atoms with E-state index in [9.17, 15) is 14.9 Å². The first kappa shape index (κ1) is 14.3. The molecule has 0 aliphatic carbocycles. The highest BCUT2D eigenvalue weighted by Gasteiger charge is 2.07. The number of hydrogen-bond acceptors (Lipinski definition) is 7. The van der Waals surface area contributed by atoms with Crippen molar-refractivity contribution in [1.29, 1.82) is 0 Å². The van der Waals surface area contributed by atoms with Crippen molar-refractivity contribution in [3.63, 3.8) is 0 Å². The van der Waals surface area contributed by atoms with E-state index in [0.29, 0.717) is 12.2 Å². The van der Waals surface area contributed by atoms with Gasteiger partial charge in [0.25, 0.3) is 11.0 Å². The molecule has 0 aliphatic heterocycles. The third-order valence-corrected chi connectivity index (χ3v) is 2.58. The molecule has 0 saturated heterocycles. The predicted octanol–water partition coefficient (Wildman–Crippen LogP) is 0.406. The van der Waals surface area contributed by atoms with E-state index in [-0.39, 0.29) is 25.7 Å². The molecule has 1 heterocycles. The summed E-state index contributed by atoms with van der Waals surface area (Å²) in [6.07, 6.45) is 0. The first-order valence-corrected chi connectivity index (χ1v) is 6.03. The minimum Gasteiger partial charge on any atom is -0.378 e. The van der Waals surface area contributed by atoms with Crippen molar-refractivity contribution < 1.29 is 19.5 Å². The molecule has 100 valence electrons. The molecule has 1 aromatic rings. The Morgan fingerprint density at radius 1 is 1.56 bits per heavy atom. The number of rotatable bonds is 8. The summed E-state index contributed by atoms with van der Waals surface area (Å²) in [5.41, 5.74) is 0.384. The highest BCUT2D eigenvalue weighted by Crippen LogP contribution is 2.07. The quantitative estimate of drug-likeness (QED) is 0.418. The zero-order chi connectivity index (χ0) is 13.4. The molecule has 1 amide bonds. The van der Waals surface area contributed by atoms with Gasteiger partial charge in [0.15, 0.2) is 0 Å². The van der Waals surface area contributed by atoms with E-state index < -0.39 is 5.09 Å². The largest absolute Gasteiger partial charge is 0.378 e. The average Bonchev–Trinajstić information content (AvgIpc) is 2.74. The molecule has 0 saturated carbocycles. The third kappa shape index (κ3) is 5.55. The van der Waals surface area contributed by atoms with Gasteiger partial charge in [-0.1, -0.05) is 0 Å². The summed E-state index contributed by atoms with van der Waals surface area (Å²) in [4.78, 5) is 29.4. The minimum absolute atomic E-state index is 0.104. The molecule has 1 aromatic heterocycles. The first-order valence-electron chi connectivity index (χ1n) is 5.15. The van der Waals surface area contributed by atoms with E-state index in [0.717, 1.165) is 5.01 Å². The van der Waals surface area contributed by atoms with Crippen LogP contribution in [-0.4, -0.2) is 42.3 Å². The fraction of sp³-hybridized carbons (Fsp3) is 0.556. The molecule has 18 heavy (non-hydrogen) atoms. The molecule has 0 fully saturated rings. The minimum atomic E-state index is -0.879. The lowest BCUT2D eigenvalue weighted by atomic mass is 10.4. The van der Waals surface area contributed by atoms with Gasteiger partial charge >= 0.3 is 0 Å². The van der Waals surface area contributed by atoms with Gasteiger partial charge in [0.2, 0.25) is 0 Å². The fourth-order valence-corrected chi connectivity index (χ4v) is 1.66. The molecule has 0 aromatic carbocycles. The SMILES string of the molecule is Cc1nc(C(=O)NCCOCCO[N+](=O)[O-])cs1. The molecule has 0 spiro atoms. The topological polar surface area (TPSA) is 104 Å². The van der Waals surface area contributed by atoms with Gasteiger partial charge < -0.3 is 14.9 Å². The summed E-state index contributed by atoms with van der Waals surface area (Å²) in [6, 6.07) is 0. The third-order valence-electron chi connectivity index (χ3n) is 1.81. The molecular weight excluding hydrogens is 262 g/mol. The van der Waals surface area contributed by atoms with Crippen LogP contribution in [0.25, 0.3) is 0 Å². The number of nitrogens with one attached hydrogen (secondary N) is 1. The zero-order valence-corrected chi connectivity index (χ0v) is 10.6. The summed E-state index contributed by atoms with van der Waals surface area (Å²) < 4.78 is 5.01. The average molecular weight is 275 g/mol. The normalized spacial score (nSPS) is 10.1. The maximum atomic E-state index is 11.5. The smallest absolute Gasteiger partial charge is 0.294 e. The van der Waals surface area contributed by atoms with E-state index in [1.807, 2.05) is 6.92 Å². The number of amides is 1. The number of hydrogen-bond donors (Lipinski definition) is 1. The number of carbonyl (C=O) groups is 1. The number of aryl methyl sites for hydroxylation is 1. The van der Waals surface area contributed by atoms with Crippen molar-refractivity contribution in [1.82, 2.24) is 10.3 Å². The molecule has 0 radical (unpaired) electrons. The van der Waals surface area contributed by atoms with Gasteiger partial charge in [-0.05, 0) is 6.92 Å². The van der Waals surface area contributed by atoms with Crippen LogP contribution in [0.5, 0.6) is 0 Å². The number of nitrogens with zero attached hydrogens (tertiary/aromatic N) is 2. The van der Waals surface area contributed by atoms with Crippen LogP contribution in [0, 0.1) is 17.0 Å². The van der Waals surface area contributed by atoms with E-state index in [1.54, 1.807) is 5.38 Å². The molecule has 9 heteroatoms. The molecule has 0 bridgehead atoms. The van der Waals surface area contributed by atoms with Crippen molar-refractivity contribution in [2.75, 3.05) is 26.4 Å². The summed E-state index contributed by atoms with van der Waals surface area (Å²) in [6.45, 7) is 2.38. The Morgan fingerprint density at radius 2 is 2.33 bits per heavy atom. The molecular formula is C9H13N3O5S. The summed E-state index contributed by atoms with van der Waals surface area (Å²) in [7, 11) is 0. The van der Waals surface area contributed by atoms with Gasteiger partial charge in [-0.15, -0.1) is 21.5 Å². The standard InChI is InChI=1S/C9H13N3O5S/c1-7-11-8(6-18-7)9(13)10-2-3-16-4-5-17-12(14)15/h6H,2-5H2,1H3,(H,10,13). The Balaban J connectivity index is 2.04. The lowest BCUT2D eigenvalue weighted by Crippen LogP contribution is -2.28. The Labute approximate surface area is 107 Å². The van der Waals surface area contributed by atoms with Crippen LogP contribution in [0.1, 0.15) is 15.5 Å². The van der Waals surface area contributed by atoms with Crippen molar-refractivity contribution >= 4 is 17.2 Å². The second-order valence-electron chi connectivity index (χ2n) is 3.18. The lowest BCUT2D eigenvalue weighted by Gasteiger charge is -2.04. The van der Waals surface area contributed by atoms with Crippen LogP contribution >= 0.6 is 11.3 Å². The molecule has 0 atom stereocenters. The Hall–Kier alpha value is -1.74. The molecule has 1 N–H and O–H groups in total. The highest BCUT2D eigenvalue weighted by molar-refractivity contribution is 7.09. The Morgan fingerprint density at radius 3 is 2.94 bits per heavy atom. The van der Waals surface area contributed by atoms with Gasteiger partial charge in [0.05, 0.1) is 18.2 Å².